The van der Waals surface area contributed by atoms with Crippen LogP contribution in [0.15, 0.2) is 36.4 Å². The van der Waals surface area contributed by atoms with E-state index < -0.39 is 12.0 Å². The molecule has 5 nitrogen and oxygen atoms in total. The number of aryl methyl sites for hydroxylation is 3. The Morgan fingerprint density at radius 1 is 1.06 bits per heavy atom. The summed E-state index contributed by atoms with van der Waals surface area (Å²) in [5.41, 5.74) is 6.23. The molecular formula is C29H38N2O3. The zero-order chi connectivity index (χ0) is 23.3. The molecular weight excluding hydrogens is 424 g/mol. The fourth-order valence-corrected chi connectivity index (χ4v) is 5.74. The topological polar surface area (TPSA) is 62.7 Å². The molecule has 0 unspecified atom stereocenters. The predicted molar refractivity (Wildman–Crippen MR) is 133 cm³/mol. The van der Waals surface area contributed by atoms with Crippen molar-refractivity contribution in [2.45, 2.75) is 88.7 Å². The van der Waals surface area contributed by atoms with Crippen LogP contribution >= 0.6 is 0 Å². The lowest BCUT2D eigenvalue weighted by Gasteiger charge is -2.26. The first-order chi connectivity index (χ1) is 16.7. The number of aliphatic carboxylic acids is 1. The largest absolute Gasteiger partial charge is 0.480 e. The average Bonchev–Trinajstić information content (AvgIpc) is 3.60. The standard InChI is InChI=1S/C29H38N2O3/c32-29(33)28(26-11-5-4-10-25(26)21-13-14-21)31-18-17-24(20-31)34-19-7-1-2-9-23-16-15-22-8-3-6-12-27(22)30-23/h4-5,10-11,15-16,21,24,28H,1-3,6-9,12-14,17-20H2,(H,32,33)/t24-,28+/m0/s1. The molecule has 1 aliphatic heterocycles. The van der Waals surface area contributed by atoms with Gasteiger partial charge in [-0.3, -0.25) is 14.7 Å². The van der Waals surface area contributed by atoms with E-state index in [1.807, 2.05) is 18.2 Å². The van der Waals surface area contributed by atoms with Crippen LogP contribution in [0.1, 0.15) is 91.4 Å². The fourth-order valence-electron chi connectivity index (χ4n) is 5.74. The van der Waals surface area contributed by atoms with Crippen LogP contribution in [0.25, 0.3) is 0 Å². The van der Waals surface area contributed by atoms with Crippen molar-refractivity contribution in [3.63, 3.8) is 0 Å². The Hall–Kier alpha value is -2.24. The maximum Gasteiger partial charge on any atom is 0.325 e. The Labute approximate surface area is 203 Å². The number of hydrogen-bond donors (Lipinski definition) is 1. The van der Waals surface area contributed by atoms with E-state index in [4.69, 9.17) is 9.72 Å². The Balaban J connectivity index is 1.05. The van der Waals surface area contributed by atoms with E-state index in [0.29, 0.717) is 12.5 Å². The monoisotopic (exact) mass is 462 g/mol. The maximum atomic E-state index is 12.2. The summed E-state index contributed by atoms with van der Waals surface area (Å²) in [7, 11) is 0. The molecule has 5 rings (SSSR count). The summed E-state index contributed by atoms with van der Waals surface area (Å²) in [5, 5.41) is 10.0. The summed E-state index contributed by atoms with van der Waals surface area (Å²) in [4.78, 5) is 19.2. The van der Waals surface area contributed by atoms with Crippen molar-refractivity contribution >= 4 is 5.97 Å². The minimum absolute atomic E-state index is 0.136. The molecule has 1 aromatic heterocycles. The highest BCUT2D eigenvalue weighted by molar-refractivity contribution is 5.76. The van der Waals surface area contributed by atoms with Crippen LogP contribution in [0.4, 0.5) is 0 Å². The molecule has 1 aromatic carbocycles. The third-order valence-corrected chi connectivity index (χ3v) is 7.75. The van der Waals surface area contributed by atoms with Crippen LogP contribution in [-0.4, -0.2) is 46.8 Å². The molecule has 2 aliphatic carbocycles. The second-order valence-corrected chi connectivity index (χ2v) is 10.3. The molecule has 1 saturated heterocycles. The number of likely N-dealkylation sites (tertiary alicyclic amines) is 1. The third-order valence-electron chi connectivity index (χ3n) is 7.75. The van der Waals surface area contributed by atoms with Gasteiger partial charge in [0.05, 0.1) is 6.10 Å². The zero-order valence-corrected chi connectivity index (χ0v) is 20.3. The zero-order valence-electron chi connectivity index (χ0n) is 20.3. The number of carbonyl (C=O) groups is 1. The predicted octanol–water partition coefficient (Wildman–Crippen LogP) is 5.47. The van der Waals surface area contributed by atoms with Crippen molar-refractivity contribution < 1.29 is 14.6 Å². The minimum Gasteiger partial charge on any atom is -0.480 e. The molecule has 0 radical (unpaired) electrons. The first kappa shape index (κ1) is 23.5. The SMILES string of the molecule is O=C(O)[C@@H](c1ccccc1C1CC1)N1CC[C@H](OCCCCCc2ccc3c(n2)CCCC3)C1. The van der Waals surface area contributed by atoms with Gasteiger partial charge >= 0.3 is 5.97 Å². The highest BCUT2D eigenvalue weighted by atomic mass is 16.5. The average molecular weight is 463 g/mol. The van der Waals surface area contributed by atoms with Gasteiger partial charge in [0.2, 0.25) is 0 Å². The van der Waals surface area contributed by atoms with Gasteiger partial charge < -0.3 is 9.84 Å². The lowest BCUT2D eigenvalue weighted by Crippen LogP contribution is -2.34. The summed E-state index contributed by atoms with van der Waals surface area (Å²) >= 11 is 0. The van der Waals surface area contributed by atoms with Crippen LogP contribution in [0.3, 0.4) is 0 Å². The van der Waals surface area contributed by atoms with Gasteiger partial charge in [0, 0.05) is 31.1 Å². The van der Waals surface area contributed by atoms with Gasteiger partial charge in [-0.15, -0.1) is 0 Å². The van der Waals surface area contributed by atoms with Gasteiger partial charge in [0.25, 0.3) is 0 Å². The summed E-state index contributed by atoms with van der Waals surface area (Å²) < 4.78 is 6.17. The van der Waals surface area contributed by atoms with Gasteiger partial charge in [-0.2, -0.15) is 0 Å². The Morgan fingerprint density at radius 2 is 1.91 bits per heavy atom. The Bertz CT molecular complexity index is 987. The van der Waals surface area contributed by atoms with Gasteiger partial charge in [-0.25, -0.2) is 0 Å². The van der Waals surface area contributed by atoms with Crippen LogP contribution in [-0.2, 0) is 28.8 Å². The van der Waals surface area contributed by atoms with E-state index in [0.717, 1.165) is 57.2 Å². The number of ether oxygens (including phenoxy) is 1. The summed E-state index contributed by atoms with van der Waals surface area (Å²) in [5.74, 6) is -0.200. The van der Waals surface area contributed by atoms with Crippen LogP contribution in [0.5, 0.6) is 0 Å². The first-order valence-electron chi connectivity index (χ1n) is 13.3. The number of nitrogens with zero attached hydrogens (tertiary/aromatic N) is 2. The highest BCUT2D eigenvalue weighted by Gasteiger charge is 2.37. The van der Waals surface area contributed by atoms with E-state index in [2.05, 4.69) is 23.1 Å². The Morgan fingerprint density at radius 3 is 2.76 bits per heavy atom. The van der Waals surface area contributed by atoms with Gasteiger partial charge in [-0.1, -0.05) is 36.8 Å². The lowest BCUT2D eigenvalue weighted by atomic mass is 9.95. The molecule has 3 aliphatic rings. The van der Waals surface area contributed by atoms with Crippen molar-refractivity contribution in [2.75, 3.05) is 19.7 Å². The number of aromatic nitrogens is 1. The van der Waals surface area contributed by atoms with Gasteiger partial charge in [0.15, 0.2) is 0 Å². The van der Waals surface area contributed by atoms with Crippen LogP contribution < -0.4 is 0 Å². The number of carboxylic acid groups (broad SMARTS) is 1. The van der Waals surface area contributed by atoms with E-state index in [1.165, 1.54) is 54.6 Å². The number of benzene rings is 1. The minimum atomic E-state index is -0.746. The third kappa shape index (κ3) is 5.69. The van der Waals surface area contributed by atoms with Crippen molar-refractivity contribution in [1.29, 1.82) is 0 Å². The molecule has 0 bridgehead atoms. The quantitative estimate of drug-likeness (QED) is 0.449. The molecule has 0 spiro atoms. The number of unbranched alkanes of at least 4 members (excludes halogenated alkanes) is 2. The van der Waals surface area contributed by atoms with Crippen molar-refractivity contribution in [3.8, 4) is 0 Å². The molecule has 34 heavy (non-hydrogen) atoms. The second kappa shape index (κ2) is 11.0. The molecule has 1 N–H and O–H groups in total. The number of fused-ring (bicyclic) bond motifs is 1. The molecule has 2 atom stereocenters. The Kier molecular flexibility index (Phi) is 7.60. The number of rotatable bonds is 11. The van der Waals surface area contributed by atoms with Gasteiger partial charge in [0.1, 0.15) is 6.04 Å². The smallest absolute Gasteiger partial charge is 0.325 e. The number of carboxylic acids is 1. The molecule has 2 fully saturated rings. The van der Waals surface area contributed by atoms with Gasteiger partial charge in [-0.05, 0) is 92.9 Å². The summed E-state index contributed by atoms with van der Waals surface area (Å²) in [6.45, 7) is 2.24. The van der Waals surface area contributed by atoms with E-state index >= 15 is 0 Å². The highest BCUT2D eigenvalue weighted by Crippen LogP contribution is 2.44. The molecule has 0 amide bonds. The van der Waals surface area contributed by atoms with Crippen molar-refractivity contribution in [1.82, 2.24) is 9.88 Å². The molecule has 2 aromatic rings. The fraction of sp³-hybridized carbons (Fsp3) is 0.586. The lowest BCUT2D eigenvalue weighted by molar-refractivity contribution is -0.143. The molecule has 1 saturated carbocycles. The van der Waals surface area contributed by atoms with Crippen LogP contribution in [0.2, 0.25) is 0 Å². The summed E-state index contributed by atoms with van der Waals surface area (Å²) in [6.07, 6.45) is 12.7. The number of pyridine rings is 1. The number of hydrogen-bond acceptors (Lipinski definition) is 4. The maximum absolute atomic E-state index is 12.2. The van der Waals surface area contributed by atoms with Crippen molar-refractivity contribution in [2.24, 2.45) is 0 Å². The molecule has 182 valence electrons. The van der Waals surface area contributed by atoms with E-state index in [-0.39, 0.29) is 6.10 Å². The van der Waals surface area contributed by atoms with E-state index in [1.54, 1.807) is 0 Å². The molecule has 2 heterocycles. The van der Waals surface area contributed by atoms with Crippen LogP contribution in [0, 0.1) is 0 Å². The van der Waals surface area contributed by atoms with E-state index in [9.17, 15) is 9.90 Å². The first-order valence-corrected chi connectivity index (χ1v) is 13.3. The van der Waals surface area contributed by atoms with Crippen molar-refractivity contribution in [3.05, 3.63) is 64.5 Å². The molecule has 5 heteroatoms. The summed E-state index contributed by atoms with van der Waals surface area (Å²) in [6, 6.07) is 12.1. The normalized spacial score (nSPS) is 21.4. The second-order valence-electron chi connectivity index (χ2n) is 10.3.